The average Bonchev–Trinajstić information content (AvgIpc) is 3.24. The van der Waals surface area contributed by atoms with Gasteiger partial charge in [-0.1, -0.05) is 30.3 Å². The molecular formula is C37H13BF20N2S. The van der Waals surface area contributed by atoms with Gasteiger partial charge < -0.3 is 0 Å². The molecule has 0 saturated carbocycles. The van der Waals surface area contributed by atoms with Crippen molar-refractivity contribution < 1.29 is 87.8 Å². The Labute approximate surface area is 330 Å². The summed E-state index contributed by atoms with van der Waals surface area (Å²) in [6, 6.07) is 13.6. The van der Waals surface area contributed by atoms with Crippen molar-refractivity contribution in [3.05, 3.63) is 158 Å². The van der Waals surface area contributed by atoms with Crippen LogP contribution in [0.3, 0.4) is 0 Å². The largest absolute Gasteiger partial charge is 0.207 e. The second-order valence-corrected chi connectivity index (χ2v) is 14.6. The van der Waals surface area contributed by atoms with Gasteiger partial charge >= 0.3 is 0 Å². The van der Waals surface area contributed by atoms with Crippen molar-refractivity contribution in [3.63, 3.8) is 0 Å². The van der Waals surface area contributed by atoms with E-state index in [4.69, 9.17) is 10.5 Å². The SMILES string of the molecule is C[S+](C)CC(=C(C#N)C#N)c1ccccc1.Fc1c(F)c(F)c([B-](c2c(F)c(F)c(F)c(F)c2F)(c2c(F)c(F)c(F)c(F)c2F)c2c(F)c(F)c(F)c(F)c2F)c(F)c1F. The van der Waals surface area contributed by atoms with E-state index in [1.165, 1.54) is 0 Å². The lowest BCUT2D eigenvalue weighted by molar-refractivity contribution is 0.378. The zero-order chi connectivity index (χ0) is 46.3. The zero-order valence-electron chi connectivity index (χ0n) is 29.5. The van der Waals surface area contributed by atoms with E-state index in [1.807, 2.05) is 42.5 Å². The summed E-state index contributed by atoms with van der Waals surface area (Å²) in [5.41, 5.74) is -12.3. The van der Waals surface area contributed by atoms with Gasteiger partial charge in [-0.3, -0.25) is 0 Å². The normalized spacial score (nSPS) is 11.3. The topological polar surface area (TPSA) is 47.6 Å². The van der Waals surface area contributed by atoms with Gasteiger partial charge in [-0.05, 0) is 16.5 Å². The van der Waals surface area contributed by atoms with Crippen LogP contribution < -0.4 is 21.9 Å². The van der Waals surface area contributed by atoms with E-state index >= 15 is 35.1 Å². The van der Waals surface area contributed by atoms with Gasteiger partial charge in [0.2, 0.25) is 0 Å². The van der Waals surface area contributed by atoms with Crippen LogP contribution in [0.4, 0.5) is 87.8 Å². The summed E-state index contributed by atoms with van der Waals surface area (Å²) < 4.78 is 294. The maximum Gasteiger partial charge on any atom is 0.200 e. The number of nitrogens with zero attached hydrogens (tertiary/aromatic N) is 2. The van der Waals surface area contributed by atoms with E-state index in [0.717, 1.165) is 16.9 Å². The molecule has 0 aliphatic heterocycles. The molecule has 61 heavy (non-hydrogen) atoms. The number of allylic oxidation sites excluding steroid dienone is 1. The number of halogens is 20. The Hall–Kier alpha value is -6.17. The lowest BCUT2D eigenvalue weighted by Gasteiger charge is -2.44. The number of hydrogen-bond donors (Lipinski definition) is 0. The van der Waals surface area contributed by atoms with Crippen LogP contribution in [0.2, 0.25) is 0 Å². The number of rotatable bonds is 7. The molecule has 5 rings (SSSR count). The quantitative estimate of drug-likeness (QED) is 0.0413. The number of nitriles is 2. The van der Waals surface area contributed by atoms with Crippen LogP contribution in [0.5, 0.6) is 0 Å². The standard InChI is InChI=1S/C24BF20.C13H13N2S/c26-5-1(6(27)14(35)21(42)13(5)34)25(2-7(28)15(36)22(43)16(37)8(2)29,3-9(30)17(38)23(44)18(39)10(3)31)4-11(32)19(40)24(45)20(41)12(4)33;1-16(2)10-13(12(8-14)9-15)11-6-4-3-5-7-11/h;3-7H,10H2,1-2H3/q-1;+1. The van der Waals surface area contributed by atoms with Gasteiger partial charge in [0.15, 0.2) is 69.8 Å². The minimum Gasteiger partial charge on any atom is -0.207 e. The molecule has 0 spiro atoms. The second kappa shape index (κ2) is 17.8. The predicted molar refractivity (Wildman–Crippen MR) is 178 cm³/mol. The van der Waals surface area contributed by atoms with Gasteiger partial charge in [-0.25, -0.2) is 87.8 Å². The molecule has 2 nitrogen and oxygen atoms in total. The van der Waals surface area contributed by atoms with Crippen LogP contribution in [0.15, 0.2) is 35.9 Å². The maximum atomic E-state index is 15.4. The fourth-order valence-corrected chi connectivity index (χ4v) is 7.15. The third kappa shape index (κ3) is 7.61. The van der Waals surface area contributed by atoms with Crippen molar-refractivity contribution in [1.82, 2.24) is 0 Å². The first-order valence-electron chi connectivity index (χ1n) is 15.8. The Bertz CT molecular complexity index is 2330. The first-order valence-corrected chi connectivity index (χ1v) is 18.0. The summed E-state index contributed by atoms with van der Waals surface area (Å²) in [5, 5.41) is 17.9. The number of benzene rings is 5. The van der Waals surface area contributed by atoms with Crippen molar-refractivity contribution in [2.45, 2.75) is 0 Å². The lowest BCUT2D eigenvalue weighted by atomic mass is 9.12. The first kappa shape index (κ1) is 47.5. The summed E-state index contributed by atoms with van der Waals surface area (Å²) in [6.45, 7) is 0. The Morgan fingerprint density at radius 2 is 0.607 bits per heavy atom. The van der Waals surface area contributed by atoms with Crippen LogP contribution in [-0.2, 0) is 10.9 Å². The summed E-state index contributed by atoms with van der Waals surface area (Å²) in [7, 11) is 0.170. The van der Waals surface area contributed by atoms with Crippen molar-refractivity contribution in [3.8, 4) is 12.1 Å². The molecule has 0 bridgehead atoms. The van der Waals surface area contributed by atoms with E-state index < -0.39 is 144 Å². The van der Waals surface area contributed by atoms with Crippen molar-refractivity contribution in [2.24, 2.45) is 0 Å². The van der Waals surface area contributed by atoms with Gasteiger partial charge in [0.05, 0.1) is 12.5 Å². The van der Waals surface area contributed by atoms with Gasteiger partial charge in [0, 0.05) is 5.57 Å². The minimum atomic E-state index is -7.22. The molecule has 0 fully saturated rings. The molecule has 0 N–H and O–H groups in total. The Morgan fingerprint density at radius 3 is 0.803 bits per heavy atom. The average molecular weight is 908 g/mol. The summed E-state index contributed by atoms with van der Waals surface area (Å²) in [6.07, 6.45) is -3.00. The molecule has 320 valence electrons. The Balaban J connectivity index is 0.000000430. The van der Waals surface area contributed by atoms with Crippen LogP contribution >= 0.6 is 0 Å². The molecule has 5 aromatic carbocycles. The minimum absolute atomic E-state index is 0.170. The molecule has 24 heteroatoms. The summed E-state index contributed by atoms with van der Waals surface area (Å²) in [5.74, 6) is -70.6. The number of hydrogen-bond acceptors (Lipinski definition) is 2. The summed E-state index contributed by atoms with van der Waals surface area (Å²) >= 11 is 0. The Kier molecular flexibility index (Phi) is 13.9. The monoisotopic (exact) mass is 908 g/mol. The fourth-order valence-electron chi connectivity index (χ4n) is 6.26. The second-order valence-electron chi connectivity index (χ2n) is 12.4. The third-order valence-electron chi connectivity index (χ3n) is 8.79. The van der Waals surface area contributed by atoms with Crippen molar-refractivity contribution in [1.29, 1.82) is 10.5 Å². The van der Waals surface area contributed by atoms with E-state index in [2.05, 4.69) is 12.5 Å². The highest BCUT2D eigenvalue weighted by Crippen LogP contribution is 2.31. The molecule has 0 aromatic heterocycles. The molecule has 0 radical (unpaired) electrons. The van der Waals surface area contributed by atoms with Crippen molar-refractivity contribution >= 4 is 44.5 Å². The highest BCUT2D eigenvalue weighted by molar-refractivity contribution is 7.95. The van der Waals surface area contributed by atoms with Gasteiger partial charge in [0.1, 0.15) is 76.1 Å². The van der Waals surface area contributed by atoms with E-state index in [1.54, 1.807) is 0 Å². The molecule has 0 aliphatic carbocycles. The van der Waals surface area contributed by atoms with Crippen LogP contribution in [0.25, 0.3) is 5.57 Å². The van der Waals surface area contributed by atoms with Crippen molar-refractivity contribution in [2.75, 3.05) is 18.3 Å². The molecule has 5 aromatic rings. The van der Waals surface area contributed by atoms with Crippen LogP contribution in [0, 0.1) is 139 Å². The van der Waals surface area contributed by atoms with Gasteiger partial charge in [-0.2, -0.15) is 10.5 Å². The highest BCUT2D eigenvalue weighted by Gasteiger charge is 2.52. The molecule has 0 atom stereocenters. The van der Waals surface area contributed by atoms with Gasteiger partial charge in [0.25, 0.3) is 0 Å². The fraction of sp³-hybridized carbons (Fsp3) is 0.0811. The first-order chi connectivity index (χ1) is 28.4. The molecule has 0 amide bonds. The zero-order valence-corrected chi connectivity index (χ0v) is 30.3. The van der Waals surface area contributed by atoms with E-state index in [9.17, 15) is 52.7 Å². The van der Waals surface area contributed by atoms with Crippen LogP contribution in [0.1, 0.15) is 5.56 Å². The van der Waals surface area contributed by atoms with Crippen LogP contribution in [-0.4, -0.2) is 24.4 Å². The molecule has 0 aliphatic rings. The smallest absolute Gasteiger partial charge is 0.200 e. The Morgan fingerprint density at radius 1 is 0.393 bits per heavy atom. The molecule has 0 saturated heterocycles. The third-order valence-corrected chi connectivity index (χ3v) is 9.65. The highest BCUT2D eigenvalue weighted by atomic mass is 32.2. The van der Waals surface area contributed by atoms with E-state index in [-0.39, 0.29) is 16.5 Å². The lowest BCUT2D eigenvalue weighted by Crippen LogP contribution is -2.81. The van der Waals surface area contributed by atoms with Gasteiger partial charge in [-0.15, -0.1) is 21.9 Å². The molecule has 0 unspecified atom stereocenters. The van der Waals surface area contributed by atoms with E-state index in [0.29, 0.717) is 0 Å². The molecular weight excluding hydrogens is 895 g/mol. The molecule has 0 heterocycles. The maximum absolute atomic E-state index is 15.4. The predicted octanol–water partition coefficient (Wildman–Crippen LogP) is 8.21. The summed E-state index contributed by atoms with van der Waals surface area (Å²) in [4.78, 5) is 0.